The fraction of sp³-hybridized carbons (Fsp3) is 0.600. The van der Waals surface area contributed by atoms with Crippen LogP contribution in [-0.2, 0) is 0 Å². The van der Waals surface area contributed by atoms with Gasteiger partial charge in [-0.25, -0.2) is 0 Å². The highest BCUT2D eigenvalue weighted by atomic mass is 15.3. The van der Waals surface area contributed by atoms with Crippen molar-refractivity contribution in [3.63, 3.8) is 0 Å². The van der Waals surface area contributed by atoms with Crippen LogP contribution in [-0.4, -0.2) is 48.6 Å². The average Bonchev–Trinajstić information content (AvgIpc) is 3.20. The van der Waals surface area contributed by atoms with Gasteiger partial charge in [0.25, 0.3) is 0 Å². The number of hydrogen-bond donors (Lipinski definition) is 0. The zero-order valence-corrected chi connectivity index (χ0v) is 13.5. The minimum absolute atomic E-state index is 0.931. The SMILES string of the molecule is C(=C\c1ccccc1)/CN1CCN([C@@H]2C[C@H]3CC[C@H]2C3)CC1. The fourth-order valence-corrected chi connectivity index (χ4v) is 4.84. The summed E-state index contributed by atoms with van der Waals surface area (Å²) in [6, 6.07) is 11.6. The molecular weight excluding hydrogens is 268 g/mol. The van der Waals surface area contributed by atoms with Gasteiger partial charge in [0.05, 0.1) is 0 Å². The van der Waals surface area contributed by atoms with Crippen LogP contribution in [0.3, 0.4) is 0 Å². The smallest absolute Gasteiger partial charge is 0.0167 e. The Labute approximate surface area is 134 Å². The van der Waals surface area contributed by atoms with Crippen LogP contribution in [0.25, 0.3) is 6.08 Å². The summed E-state index contributed by atoms with van der Waals surface area (Å²) in [4.78, 5) is 5.41. The van der Waals surface area contributed by atoms with Crippen molar-refractivity contribution in [1.82, 2.24) is 9.80 Å². The Kier molecular flexibility index (Phi) is 4.31. The van der Waals surface area contributed by atoms with Crippen LogP contribution in [0.1, 0.15) is 31.2 Å². The second kappa shape index (κ2) is 6.55. The first-order chi connectivity index (χ1) is 10.9. The Morgan fingerprint density at radius 1 is 0.955 bits per heavy atom. The Bertz CT molecular complexity index is 502. The highest BCUT2D eigenvalue weighted by Crippen LogP contribution is 2.46. The highest BCUT2D eigenvalue weighted by molar-refractivity contribution is 5.48. The molecular formula is C20H28N2. The fourth-order valence-electron chi connectivity index (χ4n) is 4.84. The molecule has 2 nitrogen and oxygen atoms in total. The monoisotopic (exact) mass is 296 g/mol. The maximum absolute atomic E-state index is 2.81. The maximum Gasteiger partial charge on any atom is 0.0167 e. The molecule has 1 aromatic rings. The summed E-state index contributed by atoms with van der Waals surface area (Å²) in [5, 5.41) is 0. The van der Waals surface area contributed by atoms with E-state index >= 15 is 0 Å². The second-order valence-electron chi connectivity index (χ2n) is 7.39. The summed E-state index contributed by atoms with van der Waals surface area (Å²) in [6.45, 7) is 6.15. The number of benzene rings is 1. The molecule has 2 aliphatic carbocycles. The average molecular weight is 296 g/mol. The highest BCUT2D eigenvalue weighted by Gasteiger charge is 2.42. The van der Waals surface area contributed by atoms with Crippen LogP contribution in [0.15, 0.2) is 36.4 Å². The molecule has 1 aromatic carbocycles. The van der Waals surface area contributed by atoms with Gasteiger partial charge >= 0.3 is 0 Å². The molecule has 118 valence electrons. The Morgan fingerprint density at radius 3 is 2.45 bits per heavy atom. The molecule has 1 heterocycles. The van der Waals surface area contributed by atoms with Crippen LogP contribution >= 0.6 is 0 Å². The van der Waals surface area contributed by atoms with E-state index in [0.29, 0.717) is 0 Å². The van der Waals surface area contributed by atoms with Crippen molar-refractivity contribution < 1.29 is 0 Å². The minimum Gasteiger partial charge on any atom is -0.298 e. The first-order valence-electron chi connectivity index (χ1n) is 9.06. The molecule has 3 fully saturated rings. The molecule has 0 amide bonds. The predicted octanol–water partition coefficient (Wildman–Crippen LogP) is 3.51. The molecule has 1 saturated heterocycles. The van der Waals surface area contributed by atoms with Gasteiger partial charge in [-0.2, -0.15) is 0 Å². The van der Waals surface area contributed by atoms with Crippen molar-refractivity contribution in [3.05, 3.63) is 42.0 Å². The minimum atomic E-state index is 0.931. The molecule has 2 bridgehead atoms. The zero-order chi connectivity index (χ0) is 14.8. The Morgan fingerprint density at radius 2 is 1.77 bits per heavy atom. The molecule has 2 heteroatoms. The van der Waals surface area contributed by atoms with E-state index in [4.69, 9.17) is 0 Å². The van der Waals surface area contributed by atoms with Crippen LogP contribution in [0.2, 0.25) is 0 Å². The normalized spacial score (nSPS) is 33.0. The quantitative estimate of drug-likeness (QED) is 0.839. The van der Waals surface area contributed by atoms with Crippen molar-refractivity contribution >= 4 is 6.08 Å². The van der Waals surface area contributed by atoms with Gasteiger partial charge in [-0.05, 0) is 36.7 Å². The lowest BCUT2D eigenvalue weighted by Crippen LogP contribution is -2.51. The maximum atomic E-state index is 2.81. The second-order valence-corrected chi connectivity index (χ2v) is 7.39. The van der Waals surface area contributed by atoms with E-state index in [9.17, 15) is 0 Å². The third-order valence-electron chi connectivity index (χ3n) is 6.05. The first kappa shape index (κ1) is 14.5. The van der Waals surface area contributed by atoms with E-state index in [1.165, 1.54) is 57.4 Å². The van der Waals surface area contributed by atoms with Crippen molar-refractivity contribution in [2.75, 3.05) is 32.7 Å². The number of fused-ring (bicyclic) bond motifs is 2. The van der Waals surface area contributed by atoms with Crippen molar-refractivity contribution in [3.8, 4) is 0 Å². The summed E-state index contributed by atoms with van der Waals surface area (Å²) in [7, 11) is 0. The summed E-state index contributed by atoms with van der Waals surface area (Å²) >= 11 is 0. The van der Waals surface area contributed by atoms with Crippen molar-refractivity contribution in [2.24, 2.45) is 11.8 Å². The molecule has 0 N–H and O–H groups in total. The zero-order valence-electron chi connectivity index (χ0n) is 13.5. The van der Waals surface area contributed by atoms with Gasteiger partial charge in [0.1, 0.15) is 0 Å². The lowest BCUT2D eigenvalue weighted by atomic mass is 9.93. The Hall–Kier alpha value is -1.12. The summed E-state index contributed by atoms with van der Waals surface area (Å²) in [5.74, 6) is 2.11. The van der Waals surface area contributed by atoms with Gasteiger partial charge in [0.2, 0.25) is 0 Å². The van der Waals surface area contributed by atoms with Crippen LogP contribution in [0, 0.1) is 11.8 Å². The van der Waals surface area contributed by atoms with E-state index in [-0.39, 0.29) is 0 Å². The van der Waals surface area contributed by atoms with Gasteiger partial charge in [-0.15, -0.1) is 0 Å². The van der Waals surface area contributed by atoms with Gasteiger partial charge < -0.3 is 0 Å². The molecule has 0 radical (unpaired) electrons. The number of piperazine rings is 1. The summed E-state index contributed by atoms with van der Waals surface area (Å²) in [6.07, 6.45) is 10.6. The molecule has 1 aliphatic heterocycles. The number of hydrogen-bond acceptors (Lipinski definition) is 2. The van der Waals surface area contributed by atoms with Crippen molar-refractivity contribution in [1.29, 1.82) is 0 Å². The first-order valence-corrected chi connectivity index (χ1v) is 9.06. The number of nitrogens with zero attached hydrogens (tertiary/aromatic N) is 2. The van der Waals surface area contributed by atoms with Gasteiger partial charge in [-0.3, -0.25) is 9.80 Å². The van der Waals surface area contributed by atoms with Crippen molar-refractivity contribution in [2.45, 2.75) is 31.7 Å². The lowest BCUT2D eigenvalue weighted by molar-refractivity contribution is 0.0765. The Balaban J connectivity index is 1.23. The predicted molar refractivity (Wildman–Crippen MR) is 92.7 cm³/mol. The lowest BCUT2D eigenvalue weighted by Gasteiger charge is -2.40. The van der Waals surface area contributed by atoms with Gasteiger partial charge in [0.15, 0.2) is 0 Å². The summed E-state index contributed by atoms with van der Waals surface area (Å²) in [5.41, 5.74) is 1.31. The topological polar surface area (TPSA) is 6.48 Å². The molecule has 3 atom stereocenters. The van der Waals surface area contributed by atoms with E-state index < -0.39 is 0 Å². The molecule has 2 saturated carbocycles. The molecule has 22 heavy (non-hydrogen) atoms. The largest absolute Gasteiger partial charge is 0.298 e. The van der Waals surface area contributed by atoms with E-state index in [0.717, 1.165) is 24.4 Å². The van der Waals surface area contributed by atoms with Gasteiger partial charge in [0, 0.05) is 38.8 Å². The molecule has 3 aliphatic rings. The standard InChI is InChI=1S/C20H28N2/c1-2-5-17(6-3-1)7-4-10-21-11-13-22(14-12-21)20-16-18-8-9-19(20)15-18/h1-7,18-20H,8-16H2/b7-4+/t18-,19-,20+/m0/s1. The van der Waals surface area contributed by atoms with E-state index in [2.05, 4.69) is 52.3 Å². The van der Waals surface area contributed by atoms with Gasteiger partial charge in [-0.1, -0.05) is 48.9 Å². The van der Waals surface area contributed by atoms with Crippen LogP contribution < -0.4 is 0 Å². The van der Waals surface area contributed by atoms with E-state index in [1.807, 2.05) is 0 Å². The third kappa shape index (κ3) is 3.13. The molecule has 0 unspecified atom stereocenters. The van der Waals surface area contributed by atoms with Crippen LogP contribution in [0.5, 0.6) is 0 Å². The summed E-state index contributed by atoms with van der Waals surface area (Å²) < 4.78 is 0. The molecule has 0 spiro atoms. The molecule has 0 aromatic heterocycles. The van der Waals surface area contributed by atoms with E-state index in [1.54, 1.807) is 0 Å². The van der Waals surface area contributed by atoms with Crippen LogP contribution in [0.4, 0.5) is 0 Å². The number of rotatable bonds is 4. The third-order valence-corrected chi connectivity index (χ3v) is 6.05. The molecule has 4 rings (SSSR count).